The molecule has 24 heavy (non-hydrogen) atoms. The zero-order valence-corrected chi connectivity index (χ0v) is 14.4. The van der Waals surface area contributed by atoms with E-state index < -0.39 is 0 Å². The fraction of sp³-hybridized carbons (Fsp3) is 0.650. The highest BCUT2D eigenvalue weighted by molar-refractivity contribution is 5.79. The van der Waals surface area contributed by atoms with Crippen LogP contribution in [0.4, 0.5) is 0 Å². The van der Waals surface area contributed by atoms with Gasteiger partial charge in [0.2, 0.25) is 5.91 Å². The van der Waals surface area contributed by atoms with Gasteiger partial charge in [-0.1, -0.05) is 30.3 Å². The van der Waals surface area contributed by atoms with Gasteiger partial charge in [0.05, 0.1) is 0 Å². The average Bonchev–Trinajstić information content (AvgIpc) is 3.10. The second-order valence-corrected chi connectivity index (χ2v) is 7.99. The van der Waals surface area contributed by atoms with Crippen molar-refractivity contribution in [3.8, 4) is 0 Å². The highest BCUT2D eigenvalue weighted by Gasteiger charge is 2.41. The van der Waals surface area contributed by atoms with E-state index in [9.17, 15) is 4.79 Å². The quantitative estimate of drug-likeness (QED) is 0.893. The van der Waals surface area contributed by atoms with E-state index in [-0.39, 0.29) is 17.9 Å². The van der Waals surface area contributed by atoms with Crippen LogP contribution in [0.1, 0.15) is 50.5 Å². The highest BCUT2D eigenvalue weighted by Crippen LogP contribution is 2.37. The van der Waals surface area contributed by atoms with Crippen LogP contribution in [-0.2, 0) is 11.3 Å². The number of amides is 1. The summed E-state index contributed by atoms with van der Waals surface area (Å²) in [5.41, 5.74) is 7.35. The van der Waals surface area contributed by atoms with Crippen molar-refractivity contribution in [3.05, 3.63) is 35.9 Å². The van der Waals surface area contributed by atoms with Crippen molar-refractivity contribution in [3.63, 3.8) is 0 Å². The standard InChI is InChI=1S/C20H29N3O/c21-16-7-6-15(10-16)20(24)22-17-11-18-8-9-19(12-17)23(18)13-14-4-2-1-3-5-14/h1-5,15-19H,6-13,21H2,(H,22,24). The predicted octanol–water partition coefficient (Wildman–Crippen LogP) is 2.43. The molecule has 2 heterocycles. The molecule has 1 aromatic carbocycles. The molecule has 3 aliphatic rings. The molecular weight excluding hydrogens is 298 g/mol. The zero-order valence-electron chi connectivity index (χ0n) is 14.4. The second-order valence-electron chi connectivity index (χ2n) is 7.99. The number of piperidine rings is 1. The molecule has 130 valence electrons. The number of benzene rings is 1. The van der Waals surface area contributed by atoms with Gasteiger partial charge in [-0.25, -0.2) is 0 Å². The molecule has 2 aliphatic heterocycles. The van der Waals surface area contributed by atoms with Crippen LogP contribution in [0.2, 0.25) is 0 Å². The zero-order chi connectivity index (χ0) is 16.5. The summed E-state index contributed by atoms with van der Waals surface area (Å²) in [5.74, 6) is 0.406. The van der Waals surface area contributed by atoms with E-state index in [4.69, 9.17) is 5.73 Å². The Hall–Kier alpha value is -1.39. The van der Waals surface area contributed by atoms with E-state index in [0.717, 1.165) is 38.6 Å². The lowest BCUT2D eigenvalue weighted by Crippen LogP contribution is -2.50. The molecule has 1 aliphatic carbocycles. The number of nitrogens with one attached hydrogen (secondary N) is 1. The molecule has 4 rings (SSSR count). The van der Waals surface area contributed by atoms with Gasteiger partial charge in [0, 0.05) is 36.6 Å². The third kappa shape index (κ3) is 3.35. The summed E-state index contributed by atoms with van der Waals surface area (Å²) in [6.07, 6.45) is 7.59. The Balaban J connectivity index is 1.33. The van der Waals surface area contributed by atoms with Crippen LogP contribution < -0.4 is 11.1 Å². The molecule has 4 unspecified atom stereocenters. The molecule has 4 atom stereocenters. The number of nitrogens with zero attached hydrogens (tertiary/aromatic N) is 1. The minimum absolute atomic E-state index is 0.153. The lowest BCUT2D eigenvalue weighted by molar-refractivity contribution is -0.126. The Morgan fingerprint density at radius 2 is 1.75 bits per heavy atom. The topological polar surface area (TPSA) is 58.4 Å². The first-order valence-corrected chi connectivity index (χ1v) is 9.54. The Morgan fingerprint density at radius 3 is 2.38 bits per heavy atom. The van der Waals surface area contributed by atoms with E-state index in [2.05, 4.69) is 40.5 Å². The molecule has 2 saturated heterocycles. The molecule has 1 amide bonds. The van der Waals surface area contributed by atoms with Crippen LogP contribution in [0.3, 0.4) is 0 Å². The number of carbonyl (C=O) groups excluding carboxylic acids is 1. The second kappa shape index (κ2) is 6.85. The summed E-state index contributed by atoms with van der Waals surface area (Å²) in [5, 5.41) is 3.35. The molecule has 0 spiro atoms. The van der Waals surface area contributed by atoms with Crippen LogP contribution >= 0.6 is 0 Å². The van der Waals surface area contributed by atoms with Gasteiger partial charge < -0.3 is 11.1 Å². The minimum atomic E-state index is 0.153. The van der Waals surface area contributed by atoms with Crippen LogP contribution in [0, 0.1) is 5.92 Å². The van der Waals surface area contributed by atoms with Crippen molar-refractivity contribution in [2.24, 2.45) is 11.7 Å². The molecule has 1 aromatic rings. The maximum absolute atomic E-state index is 12.5. The number of carbonyl (C=O) groups is 1. The van der Waals surface area contributed by atoms with E-state index in [0.29, 0.717) is 18.1 Å². The minimum Gasteiger partial charge on any atom is -0.353 e. The molecule has 0 radical (unpaired) electrons. The summed E-state index contributed by atoms with van der Waals surface area (Å²) < 4.78 is 0. The van der Waals surface area contributed by atoms with Gasteiger partial charge in [0.15, 0.2) is 0 Å². The van der Waals surface area contributed by atoms with Crippen molar-refractivity contribution in [2.75, 3.05) is 0 Å². The van der Waals surface area contributed by atoms with E-state index in [1.807, 2.05) is 0 Å². The van der Waals surface area contributed by atoms with Crippen molar-refractivity contribution in [2.45, 2.75) is 75.7 Å². The third-order valence-corrected chi connectivity index (χ3v) is 6.28. The van der Waals surface area contributed by atoms with Crippen LogP contribution in [0.5, 0.6) is 0 Å². The van der Waals surface area contributed by atoms with Gasteiger partial charge in [0.1, 0.15) is 0 Å². The molecular formula is C20H29N3O. The number of hydrogen-bond donors (Lipinski definition) is 2. The van der Waals surface area contributed by atoms with Crippen molar-refractivity contribution < 1.29 is 4.79 Å². The predicted molar refractivity (Wildman–Crippen MR) is 95.3 cm³/mol. The van der Waals surface area contributed by atoms with E-state index >= 15 is 0 Å². The Labute approximate surface area is 144 Å². The van der Waals surface area contributed by atoms with Gasteiger partial charge in [-0.05, 0) is 50.5 Å². The number of hydrogen-bond acceptors (Lipinski definition) is 3. The first kappa shape index (κ1) is 16.1. The number of rotatable bonds is 4. The fourth-order valence-corrected chi connectivity index (χ4v) is 5.02. The summed E-state index contributed by atoms with van der Waals surface area (Å²) in [6, 6.07) is 12.6. The maximum atomic E-state index is 12.5. The third-order valence-electron chi connectivity index (χ3n) is 6.28. The van der Waals surface area contributed by atoms with Gasteiger partial charge >= 0.3 is 0 Å². The van der Waals surface area contributed by atoms with E-state index in [1.54, 1.807) is 0 Å². The lowest BCUT2D eigenvalue weighted by atomic mass is 9.95. The van der Waals surface area contributed by atoms with Crippen molar-refractivity contribution in [1.82, 2.24) is 10.2 Å². The summed E-state index contributed by atoms with van der Waals surface area (Å²) >= 11 is 0. The summed E-state index contributed by atoms with van der Waals surface area (Å²) in [7, 11) is 0. The number of nitrogens with two attached hydrogens (primary N) is 1. The largest absolute Gasteiger partial charge is 0.353 e. The SMILES string of the molecule is NC1CCC(C(=O)NC2CC3CCC(C2)N3Cc2ccccc2)C1. The smallest absolute Gasteiger partial charge is 0.223 e. The molecule has 1 saturated carbocycles. The number of fused-ring (bicyclic) bond motifs is 2. The molecule has 4 heteroatoms. The lowest BCUT2D eigenvalue weighted by Gasteiger charge is -2.39. The molecule has 4 nitrogen and oxygen atoms in total. The van der Waals surface area contributed by atoms with E-state index in [1.165, 1.54) is 18.4 Å². The summed E-state index contributed by atoms with van der Waals surface area (Å²) in [6.45, 7) is 1.05. The Kier molecular flexibility index (Phi) is 4.59. The highest BCUT2D eigenvalue weighted by atomic mass is 16.2. The monoisotopic (exact) mass is 327 g/mol. The average molecular weight is 327 g/mol. The molecule has 3 fully saturated rings. The van der Waals surface area contributed by atoms with Crippen LogP contribution in [-0.4, -0.2) is 35.0 Å². The molecule has 0 aromatic heterocycles. The van der Waals surface area contributed by atoms with Gasteiger partial charge in [-0.2, -0.15) is 0 Å². The normalized spacial score (nSPS) is 36.0. The first-order chi connectivity index (χ1) is 11.7. The Morgan fingerprint density at radius 1 is 1.04 bits per heavy atom. The molecule has 3 N–H and O–H groups in total. The summed E-state index contributed by atoms with van der Waals surface area (Å²) in [4.78, 5) is 15.2. The van der Waals surface area contributed by atoms with Gasteiger partial charge in [-0.15, -0.1) is 0 Å². The molecule has 2 bridgehead atoms. The van der Waals surface area contributed by atoms with Crippen molar-refractivity contribution >= 4 is 5.91 Å². The van der Waals surface area contributed by atoms with Gasteiger partial charge in [-0.3, -0.25) is 9.69 Å². The van der Waals surface area contributed by atoms with Crippen molar-refractivity contribution in [1.29, 1.82) is 0 Å². The fourth-order valence-electron chi connectivity index (χ4n) is 5.02. The van der Waals surface area contributed by atoms with Crippen LogP contribution in [0.25, 0.3) is 0 Å². The first-order valence-electron chi connectivity index (χ1n) is 9.54. The van der Waals surface area contributed by atoms with Crippen LogP contribution in [0.15, 0.2) is 30.3 Å². The maximum Gasteiger partial charge on any atom is 0.223 e. The Bertz CT molecular complexity index is 562. The van der Waals surface area contributed by atoms with Gasteiger partial charge in [0.25, 0.3) is 0 Å².